The zero-order valence-electron chi connectivity index (χ0n) is 23.8. The van der Waals surface area contributed by atoms with Crippen LogP contribution in [0.4, 0.5) is 24.5 Å². The van der Waals surface area contributed by atoms with Gasteiger partial charge in [0.25, 0.3) is 0 Å². The lowest BCUT2D eigenvalue weighted by Gasteiger charge is -2.30. The fraction of sp³-hybridized carbons (Fsp3) is 0.226. The Hall–Kier alpha value is -4.76. The second-order valence-electron chi connectivity index (χ2n) is 10.4. The van der Waals surface area contributed by atoms with E-state index >= 15 is 0 Å². The number of fused-ring (bicyclic) bond motifs is 2. The van der Waals surface area contributed by atoms with Crippen molar-refractivity contribution in [2.75, 3.05) is 16.8 Å². The standard InChI is InChI=1S/C31H23F3N4O6S2/c1-2-44-29(42)16-8-10-20(11-9-16)38-26(40)23-22(17-5-4-12-35-14-17)25-28(45-24(23)27(38)41)37(30(43)46-25)15-21(39)36-19-7-3-6-18(13-19)31(32,33)34/h3-14,22-24H,2,15H2,1H3,(H,36,39). The topological polar surface area (TPSA) is 128 Å². The van der Waals surface area contributed by atoms with Crippen molar-refractivity contribution in [3.63, 3.8) is 0 Å². The molecule has 0 bridgehead atoms. The number of aromatic nitrogens is 2. The van der Waals surface area contributed by atoms with Crippen LogP contribution in [0.15, 0.2) is 82.9 Å². The van der Waals surface area contributed by atoms with Gasteiger partial charge in [-0.15, -0.1) is 0 Å². The van der Waals surface area contributed by atoms with Gasteiger partial charge in [-0.05, 0) is 61.0 Å². The summed E-state index contributed by atoms with van der Waals surface area (Å²) in [4.78, 5) is 71.4. The number of esters is 1. The molecule has 15 heteroatoms. The van der Waals surface area contributed by atoms with Crippen LogP contribution >= 0.6 is 23.1 Å². The first-order valence-corrected chi connectivity index (χ1v) is 15.6. The molecule has 3 atom stereocenters. The van der Waals surface area contributed by atoms with Gasteiger partial charge in [0.05, 0.1) is 34.4 Å². The minimum Gasteiger partial charge on any atom is -0.462 e. The predicted molar refractivity (Wildman–Crippen MR) is 163 cm³/mol. The van der Waals surface area contributed by atoms with Crippen molar-refractivity contribution in [1.82, 2.24) is 9.55 Å². The normalized spacial score (nSPS) is 19.0. The summed E-state index contributed by atoms with van der Waals surface area (Å²) in [5.74, 6) is -4.00. The van der Waals surface area contributed by atoms with Gasteiger partial charge in [0, 0.05) is 28.9 Å². The molecule has 4 aromatic rings. The maximum Gasteiger partial charge on any atom is 0.416 e. The molecule has 0 radical (unpaired) electrons. The zero-order chi connectivity index (χ0) is 32.7. The molecule has 1 saturated heterocycles. The van der Waals surface area contributed by atoms with Crippen molar-refractivity contribution < 1.29 is 37.1 Å². The molecule has 10 nitrogen and oxygen atoms in total. The quantitative estimate of drug-likeness (QED) is 0.217. The fourth-order valence-electron chi connectivity index (χ4n) is 5.51. The second-order valence-corrected chi connectivity index (χ2v) is 12.5. The number of halogens is 3. The molecule has 0 saturated carbocycles. The molecule has 1 fully saturated rings. The number of alkyl halides is 3. The predicted octanol–water partition coefficient (Wildman–Crippen LogP) is 4.93. The number of carbonyl (C=O) groups is 4. The molecule has 2 aliphatic heterocycles. The second kappa shape index (κ2) is 12.2. The molecule has 0 spiro atoms. The van der Waals surface area contributed by atoms with E-state index in [-0.39, 0.29) is 23.5 Å². The van der Waals surface area contributed by atoms with Gasteiger partial charge in [-0.25, -0.2) is 9.69 Å². The third-order valence-corrected chi connectivity index (χ3v) is 10.1. The van der Waals surface area contributed by atoms with Gasteiger partial charge in [0.15, 0.2) is 0 Å². The third-order valence-electron chi connectivity index (χ3n) is 7.50. The SMILES string of the molecule is CCOC(=O)c1ccc(N2C(=O)C3Sc4c(sc(=O)n4CC(=O)Nc4cccc(C(F)(F)F)c4)C(c4cccnc4)C3C2=O)cc1. The molecule has 6 rings (SSSR count). The molecule has 1 N–H and O–H groups in total. The van der Waals surface area contributed by atoms with E-state index < -0.39 is 63.9 Å². The Bertz CT molecular complexity index is 1910. The van der Waals surface area contributed by atoms with Gasteiger partial charge < -0.3 is 10.1 Å². The van der Waals surface area contributed by atoms with Crippen LogP contribution in [0, 0.1) is 5.92 Å². The number of pyridine rings is 1. The van der Waals surface area contributed by atoms with Crippen LogP contribution < -0.4 is 15.1 Å². The van der Waals surface area contributed by atoms with Gasteiger partial charge in [-0.1, -0.05) is 35.2 Å². The van der Waals surface area contributed by atoms with Crippen LogP contribution in [0.2, 0.25) is 0 Å². The molecule has 4 heterocycles. The van der Waals surface area contributed by atoms with Gasteiger partial charge >= 0.3 is 17.0 Å². The van der Waals surface area contributed by atoms with Crippen molar-refractivity contribution >= 4 is 58.2 Å². The lowest BCUT2D eigenvalue weighted by molar-refractivity contribution is -0.137. The zero-order valence-corrected chi connectivity index (χ0v) is 25.4. The van der Waals surface area contributed by atoms with E-state index in [9.17, 15) is 37.1 Å². The molecule has 3 unspecified atom stereocenters. The molecule has 2 aromatic carbocycles. The monoisotopic (exact) mass is 668 g/mol. The maximum atomic E-state index is 14.0. The number of thiazole rings is 1. The molecule has 2 aromatic heterocycles. The number of thioether (sulfide) groups is 1. The summed E-state index contributed by atoms with van der Waals surface area (Å²) < 4.78 is 45.7. The Kier molecular flexibility index (Phi) is 8.29. The van der Waals surface area contributed by atoms with E-state index in [1.54, 1.807) is 31.5 Å². The van der Waals surface area contributed by atoms with Crippen LogP contribution in [-0.4, -0.2) is 45.1 Å². The van der Waals surface area contributed by atoms with Crippen molar-refractivity contribution in [3.8, 4) is 0 Å². The average Bonchev–Trinajstić information content (AvgIpc) is 3.47. The number of rotatable bonds is 7. The molecule has 236 valence electrons. The number of hydrogen-bond donors (Lipinski definition) is 1. The van der Waals surface area contributed by atoms with Crippen LogP contribution in [0.3, 0.4) is 0 Å². The van der Waals surface area contributed by atoms with Crippen molar-refractivity contribution in [2.45, 2.75) is 35.8 Å². The lowest BCUT2D eigenvalue weighted by Crippen LogP contribution is -2.33. The van der Waals surface area contributed by atoms with E-state index in [0.717, 1.165) is 46.2 Å². The maximum absolute atomic E-state index is 14.0. The highest BCUT2D eigenvalue weighted by Crippen LogP contribution is 2.53. The van der Waals surface area contributed by atoms with Crippen molar-refractivity contribution in [1.29, 1.82) is 0 Å². The summed E-state index contributed by atoms with van der Waals surface area (Å²) in [5, 5.41) is 1.74. The Morgan fingerprint density at radius 1 is 1.02 bits per heavy atom. The Balaban J connectivity index is 1.34. The molecule has 3 amide bonds. The van der Waals surface area contributed by atoms with Gasteiger partial charge in [0.2, 0.25) is 17.7 Å². The van der Waals surface area contributed by atoms with Crippen molar-refractivity contribution in [3.05, 3.63) is 104 Å². The summed E-state index contributed by atoms with van der Waals surface area (Å²) in [5.41, 5.74) is 0.0462. The smallest absolute Gasteiger partial charge is 0.416 e. The number of benzene rings is 2. The fourth-order valence-corrected chi connectivity index (χ4v) is 8.28. The van der Waals surface area contributed by atoms with Crippen LogP contribution in [0.1, 0.15) is 39.2 Å². The van der Waals surface area contributed by atoms with Crippen LogP contribution in [0.25, 0.3) is 0 Å². The summed E-state index contributed by atoms with van der Waals surface area (Å²) in [7, 11) is 0. The number of nitrogens with zero attached hydrogens (tertiary/aromatic N) is 3. The number of hydrogen-bond acceptors (Lipinski definition) is 9. The van der Waals surface area contributed by atoms with Crippen LogP contribution in [-0.2, 0) is 31.8 Å². The first kappa shape index (κ1) is 31.2. The number of imide groups is 1. The van der Waals surface area contributed by atoms with E-state index in [1.807, 2.05) is 0 Å². The number of ether oxygens (including phenoxy) is 1. The Morgan fingerprint density at radius 3 is 2.46 bits per heavy atom. The highest BCUT2D eigenvalue weighted by atomic mass is 32.2. The van der Waals surface area contributed by atoms with Crippen molar-refractivity contribution in [2.24, 2.45) is 5.92 Å². The summed E-state index contributed by atoms with van der Waals surface area (Å²) in [6, 6.07) is 13.4. The highest BCUT2D eigenvalue weighted by Gasteiger charge is 2.57. The van der Waals surface area contributed by atoms with E-state index in [2.05, 4.69) is 10.3 Å². The Morgan fingerprint density at radius 2 is 1.78 bits per heavy atom. The van der Waals surface area contributed by atoms with E-state index in [4.69, 9.17) is 4.74 Å². The number of amides is 3. The van der Waals surface area contributed by atoms with Gasteiger partial charge in [-0.3, -0.25) is 28.7 Å². The third kappa shape index (κ3) is 5.71. The first-order valence-electron chi connectivity index (χ1n) is 13.9. The summed E-state index contributed by atoms with van der Waals surface area (Å²) in [6.45, 7) is 1.32. The van der Waals surface area contributed by atoms with E-state index in [1.165, 1.54) is 34.9 Å². The molecular formula is C31H23F3N4O6S2. The highest BCUT2D eigenvalue weighted by molar-refractivity contribution is 8.00. The number of nitrogens with one attached hydrogen (secondary N) is 1. The average molecular weight is 669 g/mol. The minimum absolute atomic E-state index is 0.0980. The first-order chi connectivity index (χ1) is 22.0. The van der Waals surface area contributed by atoms with Gasteiger partial charge in [0.1, 0.15) is 11.8 Å². The molecule has 0 aliphatic carbocycles. The van der Waals surface area contributed by atoms with E-state index in [0.29, 0.717) is 15.5 Å². The minimum atomic E-state index is -4.61. The molecular weight excluding hydrogens is 645 g/mol. The summed E-state index contributed by atoms with van der Waals surface area (Å²) in [6.07, 6.45) is -1.52. The largest absolute Gasteiger partial charge is 0.462 e. The lowest BCUT2D eigenvalue weighted by atomic mass is 9.84. The molecule has 46 heavy (non-hydrogen) atoms. The number of carbonyl (C=O) groups excluding carboxylic acids is 4. The summed E-state index contributed by atoms with van der Waals surface area (Å²) >= 11 is 1.82. The number of anilines is 2. The van der Waals surface area contributed by atoms with Crippen LogP contribution in [0.5, 0.6) is 0 Å². The molecule has 2 aliphatic rings. The Labute approximate surface area is 267 Å². The van der Waals surface area contributed by atoms with Gasteiger partial charge in [-0.2, -0.15) is 13.2 Å².